The molecule has 0 bridgehead atoms. The van der Waals surface area contributed by atoms with Crippen LogP contribution in [-0.4, -0.2) is 26.0 Å². The summed E-state index contributed by atoms with van der Waals surface area (Å²) < 4.78 is 5.15. The van der Waals surface area contributed by atoms with E-state index in [9.17, 15) is 9.59 Å². The van der Waals surface area contributed by atoms with Gasteiger partial charge in [0.1, 0.15) is 5.75 Å². The van der Waals surface area contributed by atoms with Crippen LogP contribution in [0.4, 0.5) is 5.69 Å². The lowest BCUT2D eigenvalue weighted by Gasteiger charge is -2.10. The van der Waals surface area contributed by atoms with E-state index in [0.717, 1.165) is 16.9 Å². The zero-order valence-electron chi connectivity index (χ0n) is 13.9. The SMILES string of the molecule is CNC(=O)c1cccc(NC(=O)/C=C/c2cccc(OC)c2)c1C. The third-order valence-corrected chi connectivity index (χ3v) is 3.58. The molecule has 0 heterocycles. The first-order valence-electron chi connectivity index (χ1n) is 7.50. The summed E-state index contributed by atoms with van der Waals surface area (Å²) in [5.41, 5.74) is 2.73. The number of anilines is 1. The number of methoxy groups -OCH3 is 1. The smallest absolute Gasteiger partial charge is 0.251 e. The molecule has 0 aliphatic rings. The van der Waals surface area contributed by atoms with Crippen molar-refractivity contribution < 1.29 is 14.3 Å². The van der Waals surface area contributed by atoms with Crippen LogP contribution in [0.5, 0.6) is 5.75 Å². The number of benzene rings is 2. The van der Waals surface area contributed by atoms with Crippen molar-refractivity contribution in [1.29, 1.82) is 0 Å². The molecule has 2 rings (SSSR count). The monoisotopic (exact) mass is 324 g/mol. The van der Waals surface area contributed by atoms with Crippen molar-refractivity contribution in [3.8, 4) is 5.75 Å². The fourth-order valence-electron chi connectivity index (χ4n) is 2.24. The van der Waals surface area contributed by atoms with E-state index in [0.29, 0.717) is 11.3 Å². The second-order valence-corrected chi connectivity index (χ2v) is 5.16. The second-order valence-electron chi connectivity index (χ2n) is 5.16. The van der Waals surface area contributed by atoms with Crippen molar-refractivity contribution in [2.75, 3.05) is 19.5 Å². The van der Waals surface area contributed by atoms with Gasteiger partial charge in [0.15, 0.2) is 0 Å². The summed E-state index contributed by atoms with van der Waals surface area (Å²) in [5, 5.41) is 5.37. The van der Waals surface area contributed by atoms with Crippen LogP contribution in [0.15, 0.2) is 48.5 Å². The lowest BCUT2D eigenvalue weighted by molar-refractivity contribution is -0.111. The molecule has 24 heavy (non-hydrogen) atoms. The summed E-state index contributed by atoms with van der Waals surface area (Å²) in [5.74, 6) is 0.275. The molecule has 2 N–H and O–H groups in total. The van der Waals surface area contributed by atoms with Crippen LogP contribution in [0.1, 0.15) is 21.5 Å². The Labute approximate surface area is 141 Å². The Morgan fingerprint density at radius 1 is 1.12 bits per heavy atom. The van der Waals surface area contributed by atoms with E-state index in [2.05, 4.69) is 10.6 Å². The predicted molar refractivity (Wildman–Crippen MR) is 95.2 cm³/mol. The van der Waals surface area contributed by atoms with Crippen LogP contribution < -0.4 is 15.4 Å². The van der Waals surface area contributed by atoms with Gasteiger partial charge in [-0.25, -0.2) is 0 Å². The molecule has 2 aromatic carbocycles. The molecular formula is C19H20N2O3. The number of nitrogens with one attached hydrogen (secondary N) is 2. The molecule has 5 nitrogen and oxygen atoms in total. The van der Waals surface area contributed by atoms with Crippen LogP contribution in [0.25, 0.3) is 6.08 Å². The summed E-state index contributed by atoms with van der Waals surface area (Å²) in [6.07, 6.45) is 3.15. The fourth-order valence-corrected chi connectivity index (χ4v) is 2.24. The van der Waals surface area contributed by atoms with Gasteiger partial charge in [-0.3, -0.25) is 9.59 Å². The Kier molecular flexibility index (Phi) is 5.73. The Morgan fingerprint density at radius 2 is 1.88 bits per heavy atom. The van der Waals surface area contributed by atoms with Crippen molar-refractivity contribution in [2.45, 2.75) is 6.92 Å². The van der Waals surface area contributed by atoms with Gasteiger partial charge in [0.25, 0.3) is 5.91 Å². The highest BCUT2D eigenvalue weighted by Crippen LogP contribution is 2.19. The first kappa shape index (κ1) is 17.3. The highest BCUT2D eigenvalue weighted by Gasteiger charge is 2.11. The molecule has 0 saturated heterocycles. The normalized spacial score (nSPS) is 10.5. The maximum absolute atomic E-state index is 12.1. The number of hydrogen-bond donors (Lipinski definition) is 2. The van der Waals surface area contributed by atoms with Gasteiger partial charge in [0.2, 0.25) is 5.91 Å². The van der Waals surface area contributed by atoms with E-state index < -0.39 is 0 Å². The number of hydrogen-bond acceptors (Lipinski definition) is 3. The van der Waals surface area contributed by atoms with E-state index in [1.165, 1.54) is 6.08 Å². The number of ether oxygens (including phenoxy) is 1. The van der Waals surface area contributed by atoms with Gasteiger partial charge in [-0.2, -0.15) is 0 Å². The van der Waals surface area contributed by atoms with Crippen molar-refractivity contribution in [1.82, 2.24) is 5.32 Å². The minimum Gasteiger partial charge on any atom is -0.497 e. The molecule has 0 unspecified atom stereocenters. The summed E-state index contributed by atoms with van der Waals surface area (Å²) >= 11 is 0. The Hall–Kier alpha value is -3.08. The molecule has 5 heteroatoms. The number of carbonyl (C=O) groups is 2. The van der Waals surface area contributed by atoms with Crippen LogP contribution in [0, 0.1) is 6.92 Å². The molecular weight excluding hydrogens is 304 g/mol. The maximum atomic E-state index is 12.1. The summed E-state index contributed by atoms with van der Waals surface area (Å²) in [6.45, 7) is 1.80. The topological polar surface area (TPSA) is 67.4 Å². The minimum absolute atomic E-state index is 0.185. The van der Waals surface area contributed by atoms with Crippen LogP contribution in [-0.2, 0) is 4.79 Å². The lowest BCUT2D eigenvalue weighted by Crippen LogP contribution is -2.20. The van der Waals surface area contributed by atoms with Crippen LogP contribution >= 0.6 is 0 Å². The number of amides is 2. The first-order valence-corrected chi connectivity index (χ1v) is 7.50. The largest absolute Gasteiger partial charge is 0.497 e. The molecule has 0 fully saturated rings. The van der Waals surface area contributed by atoms with Gasteiger partial charge in [0, 0.05) is 24.4 Å². The van der Waals surface area contributed by atoms with Gasteiger partial charge in [-0.1, -0.05) is 18.2 Å². The molecule has 0 atom stereocenters. The first-order chi connectivity index (χ1) is 11.5. The number of carbonyl (C=O) groups excluding carboxylic acids is 2. The minimum atomic E-state index is -0.269. The zero-order chi connectivity index (χ0) is 17.5. The van der Waals surface area contributed by atoms with Crippen molar-refractivity contribution in [3.05, 3.63) is 65.2 Å². The van der Waals surface area contributed by atoms with Gasteiger partial charge < -0.3 is 15.4 Å². The van der Waals surface area contributed by atoms with E-state index in [4.69, 9.17) is 4.74 Å². The van der Waals surface area contributed by atoms with E-state index in [1.54, 1.807) is 45.4 Å². The third-order valence-electron chi connectivity index (χ3n) is 3.58. The zero-order valence-corrected chi connectivity index (χ0v) is 13.9. The summed E-state index contributed by atoms with van der Waals surface area (Å²) in [6, 6.07) is 12.6. The standard InChI is InChI=1S/C19H20N2O3/c1-13-16(19(23)20-2)8-5-9-17(13)21-18(22)11-10-14-6-4-7-15(12-14)24-3/h4-12H,1-3H3,(H,20,23)(H,21,22)/b11-10+. The quantitative estimate of drug-likeness (QED) is 0.831. The van der Waals surface area contributed by atoms with E-state index in [1.807, 2.05) is 24.3 Å². The molecule has 0 aromatic heterocycles. The Balaban J connectivity index is 2.12. The summed E-state index contributed by atoms with van der Waals surface area (Å²) in [7, 11) is 3.17. The molecule has 2 amide bonds. The van der Waals surface area contributed by atoms with Crippen LogP contribution in [0.3, 0.4) is 0 Å². The average Bonchev–Trinajstić information content (AvgIpc) is 2.61. The molecule has 2 aromatic rings. The van der Waals surface area contributed by atoms with Crippen molar-refractivity contribution >= 4 is 23.6 Å². The molecule has 0 aliphatic heterocycles. The number of rotatable bonds is 5. The van der Waals surface area contributed by atoms with Crippen LogP contribution in [0.2, 0.25) is 0 Å². The Morgan fingerprint density at radius 3 is 2.58 bits per heavy atom. The summed E-state index contributed by atoms with van der Waals surface area (Å²) in [4.78, 5) is 23.9. The van der Waals surface area contributed by atoms with Crippen molar-refractivity contribution in [3.63, 3.8) is 0 Å². The van der Waals surface area contributed by atoms with E-state index in [-0.39, 0.29) is 11.8 Å². The second kappa shape index (κ2) is 7.97. The lowest BCUT2D eigenvalue weighted by atomic mass is 10.1. The maximum Gasteiger partial charge on any atom is 0.251 e. The Bertz CT molecular complexity index is 782. The highest BCUT2D eigenvalue weighted by molar-refractivity contribution is 6.04. The third kappa shape index (κ3) is 4.23. The molecule has 0 radical (unpaired) electrons. The molecule has 0 spiro atoms. The van der Waals surface area contributed by atoms with E-state index >= 15 is 0 Å². The highest BCUT2D eigenvalue weighted by atomic mass is 16.5. The van der Waals surface area contributed by atoms with Gasteiger partial charge >= 0.3 is 0 Å². The van der Waals surface area contributed by atoms with Gasteiger partial charge in [-0.15, -0.1) is 0 Å². The molecule has 124 valence electrons. The van der Waals surface area contributed by atoms with Crippen molar-refractivity contribution in [2.24, 2.45) is 0 Å². The predicted octanol–water partition coefficient (Wildman–Crippen LogP) is 3.02. The molecule has 0 aliphatic carbocycles. The van der Waals surface area contributed by atoms with Gasteiger partial charge in [0.05, 0.1) is 7.11 Å². The average molecular weight is 324 g/mol. The van der Waals surface area contributed by atoms with Gasteiger partial charge in [-0.05, 0) is 48.4 Å². The molecule has 0 saturated carbocycles. The fraction of sp³-hybridized carbons (Fsp3) is 0.158.